The van der Waals surface area contributed by atoms with E-state index in [0.717, 1.165) is 0 Å². The van der Waals surface area contributed by atoms with E-state index in [1.165, 1.54) is 5.56 Å². The number of carbonyl (C=O) groups excluding carboxylic acids is 1. The molecule has 1 aliphatic rings. The van der Waals surface area contributed by atoms with Gasteiger partial charge >= 0.3 is 5.97 Å². The number of likely N-dealkylation sites (tertiary alicyclic amines) is 1. The van der Waals surface area contributed by atoms with Crippen molar-refractivity contribution in [2.75, 3.05) is 13.1 Å². The Balaban J connectivity index is 2.02. The number of benzene rings is 1. The van der Waals surface area contributed by atoms with E-state index in [4.69, 9.17) is 0 Å². The number of hydrogen-bond donors (Lipinski definition) is 1. The van der Waals surface area contributed by atoms with Crippen LogP contribution in [0, 0.1) is 17.8 Å². The van der Waals surface area contributed by atoms with E-state index in [-0.39, 0.29) is 23.7 Å². The summed E-state index contributed by atoms with van der Waals surface area (Å²) in [6.07, 6.45) is 1.05. The Morgan fingerprint density at radius 3 is 2.43 bits per heavy atom. The second-order valence-electron chi connectivity index (χ2n) is 7.02. The van der Waals surface area contributed by atoms with E-state index in [1.807, 2.05) is 30.0 Å². The van der Waals surface area contributed by atoms with Gasteiger partial charge in [-0.3, -0.25) is 9.59 Å². The van der Waals surface area contributed by atoms with Crippen LogP contribution in [0.2, 0.25) is 0 Å². The first-order valence-electron chi connectivity index (χ1n) is 8.45. The fraction of sp³-hybridized carbons (Fsp3) is 0.579. The van der Waals surface area contributed by atoms with Crippen molar-refractivity contribution in [1.82, 2.24) is 4.90 Å². The van der Waals surface area contributed by atoms with Gasteiger partial charge in [0.05, 0.1) is 5.92 Å². The van der Waals surface area contributed by atoms with Crippen molar-refractivity contribution in [3.05, 3.63) is 35.9 Å². The molecule has 23 heavy (non-hydrogen) atoms. The van der Waals surface area contributed by atoms with Crippen molar-refractivity contribution in [1.29, 1.82) is 0 Å². The number of carboxylic acid groups (broad SMARTS) is 1. The molecule has 1 aliphatic heterocycles. The zero-order chi connectivity index (χ0) is 17.0. The van der Waals surface area contributed by atoms with E-state index in [1.54, 1.807) is 0 Å². The second-order valence-corrected chi connectivity index (χ2v) is 7.02. The van der Waals surface area contributed by atoms with Crippen LogP contribution in [0.4, 0.5) is 0 Å². The van der Waals surface area contributed by atoms with E-state index >= 15 is 0 Å². The van der Waals surface area contributed by atoms with Gasteiger partial charge in [0.1, 0.15) is 0 Å². The lowest BCUT2D eigenvalue weighted by atomic mass is 9.84. The van der Waals surface area contributed by atoms with E-state index < -0.39 is 5.97 Å². The first-order chi connectivity index (χ1) is 10.9. The fourth-order valence-corrected chi connectivity index (χ4v) is 3.49. The van der Waals surface area contributed by atoms with E-state index in [2.05, 4.69) is 26.0 Å². The Kier molecular flexibility index (Phi) is 5.80. The standard InChI is InChI=1S/C19H27NO3/c1-13(2)17(15-7-5-4-6-8-15)11-18(21)20-10-9-16(19(22)23)14(3)12-20/h4-8,13-14,16-17H,9-12H2,1-3H3,(H,22,23). The third kappa shape index (κ3) is 4.34. The molecule has 1 aromatic rings. The number of carbonyl (C=O) groups is 2. The van der Waals surface area contributed by atoms with Gasteiger partial charge in [0.2, 0.25) is 5.91 Å². The molecule has 0 bridgehead atoms. The highest BCUT2D eigenvalue weighted by Crippen LogP contribution is 2.30. The molecular formula is C19H27NO3. The van der Waals surface area contributed by atoms with Crippen LogP contribution < -0.4 is 0 Å². The molecule has 3 atom stereocenters. The number of aliphatic carboxylic acids is 1. The average Bonchev–Trinajstić information content (AvgIpc) is 2.52. The SMILES string of the molecule is CC(C)C(CC(=O)N1CCC(C(=O)O)C(C)C1)c1ccccc1. The Morgan fingerprint density at radius 2 is 1.91 bits per heavy atom. The number of nitrogens with zero attached hydrogens (tertiary/aromatic N) is 1. The summed E-state index contributed by atoms with van der Waals surface area (Å²) in [5.41, 5.74) is 1.20. The summed E-state index contributed by atoms with van der Waals surface area (Å²) in [4.78, 5) is 25.7. The van der Waals surface area contributed by atoms with Gasteiger partial charge in [-0.25, -0.2) is 0 Å². The van der Waals surface area contributed by atoms with Gasteiger partial charge in [0.15, 0.2) is 0 Å². The zero-order valence-electron chi connectivity index (χ0n) is 14.2. The van der Waals surface area contributed by atoms with Gasteiger partial charge < -0.3 is 10.0 Å². The largest absolute Gasteiger partial charge is 0.481 e. The van der Waals surface area contributed by atoms with E-state index in [9.17, 15) is 14.7 Å². The molecule has 1 saturated heterocycles. The number of amides is 1. The molecule has 1 aromatic carbocycles. The Bertz CT molecular complexity index is 541. The molecule has 1 amide bonds. The molecule has 1 fully saturated rings. The van der Waals surface area contributed by atoms with Gasteiger partial charge in [-0.1, -0.05) is 51.1 Å². The molecule has 0 radical (unpaired) electrons. The van der Waals surface area contributed by atoms with Gasteiger partial charge in [-0.05, 0) is 29.7 Å². The van der Waals surface area contributed by atoms with Crippen molar-refractivity contribution < 1.29 is 14.7 Å². The average molecular weight is 317 g/mol. The molecule has 3 unspecified atom stereocenters. The lowest BCUT2D eigenvalue weighted by molar-refractivity contribution is -0.148. The van der Waals surface area contributed by atoms with Crippen LogP contribution in [-0.2, 0) is 9.59 Å². The lowest BCUT2D eigenvalue weighted by Gasteiger charge is -2.36. The predicted octanol–water partition coefficient (Wildman–Crippen LogP) is 3.39. The van der Waals surface area contributed by atoms with Crippen LogP contribution in [-0.4, -0.2) is 35.0 Å². The normalized spacial score (nSPS) is 22.9. The van der Waals surface area contributed by atoms with Gasteiger partial charge in [-0.15, -0.1) is 0 Å². The van der Waals surface area contributed by atoms with Crippen molar-refractivity contribution in [3.8, 4) is 0 Å². The topological polar surface area (TPSA) is 57.6 Å². The van der Waals surface area contributed by atoms with Gasteiger partial charge in [0, 0.05) is 19.5 Å². The summed E-state index contributed by atoms with van der Waals surface area (Å²) in [6, 6.07) is 10.2. The summed E-state index contributed by atoms with van der Waals surface area (Å²) in [7, 11) is 0. The minimum atomic E-state index is -0.742. The lowest BCUT2D eigenvalue weighted by Crippen LogP contribution is -2.45. The summed E-state index contributed by atoms with van der Waals surface area (Å²) in [5.74, 6) is -0.322. The molecule has 0 aliphatic carbocycles. The molecule has 4 heteroatoms. The maximum absolute atomic E-state index is 12.7. The Labute approximate surface area is 138 Å². The summed E-state index contributed by atoms with van der Waals surface area (Å²) in [5, 5.41) is 9.20. The van der Waals surface area contributed by atoms with Crippen LogP contribution in [0.5, 0.6) is 0 Å². The summed E-state index contributed by atoms with van der Waals surface area (Å²) < 4.78 is 0. The van der Waals surface area contributed by atoms with Gasteiger partial charge in [-0.2, -0.15) is 0 Å². The second kappa shape index (κ2) is 7.62. The molecule has 126 valence electrons. The third-order valence-corrected chi connectivity index (χ3v) is 5.00. The molecule has 0 saturated carbocycles. The first-order valence-corrected chi connectivity index (χ1v) is 8.45. The molecule has 4 nitrogen and oxygen atoms in total. The molecule has 1 N–H and O–H groups in total. The Hall–Kier alpha value is -1.84. The van der Waals surface area contributed by atoms with Crippen molar-refractivity contribution in [2.24, 2.45) is 17.8 Å². The van der Waals surface area contributed by atoms with Crippen LogP contribution in [0.1, 0.15) is 45.1 Å². The highest BCUT2D eigenvalue weighted by Gasteiger charge is 2.33. The van der Waals surface area contributed by atoms with Crippen molar-refractivity contribution >= 4 is 11.9 Å². The van der Waals surface area contributed by atoms with Crippen LogP contribution >= 0.6 is 0 Å². The number of rotatable bonds is 5. The minimum absolute atomic E-state index is 0.0134. The highest BCUT2D eigenvalue weighted by atomic mass is 16.4. The molecular weight excluding hydrogens is 290 g/mol. The quantitative estimate of drug-likeness (QED) is 0.905. The van der Waals surface area contributed by atoms with Crippen LogP contribution in [0.15, 0.2) is 30.3 Å². The number of piperidine rings is 1. The first kappa shape index (κ1) is 17.5. The molecule has 0 spiro atoms. The third-order valence-electron chi connectivity index (χ3n) is 5.00. The summed E-state index contributed by atoms with van der Waals surface area (Å²) >= 11 is 0. The maximum Gasteiger partial charge on any atom is 0.306 e. The van der Waals surface area contributed by atoms with Gasteiger partial charge in [0.25, 0.3) is 0 Å². The maximum atomic E-state index is 12.7. The predicted molar refractivity (Wildman–Crippen MR) is 90.1 cm³/mol. The smallest absolute Gasteiger partial charge is 0.306 e. The number of hydrogen-bond acceptors (Lipinski definition) is 2. The molecule has 0 aromatic heterocycles. The summed E-state index contributed by atoms with van der Waals surface area (Å²) in [6.45, 7) is 7.32. The molecule has 1 heterocycles. The Morgan fingerprint density at radius 1 is 1.26 bits per heavy atom. The zero-order valence-corrected chi connectivity index (χ0v) is 14.2. The molecule has 2 rings (SSSR count). The highest BCUT2D eigenvalue weighted by molar-refractivity contribution is 5.78. The fourth-order valence-electron chi connectivity index (χ4n) is 3.49. The monoisotopic (exact) mass is 317 g/mol. The minimum Gasteiger partial charge on any atom is -0.481 e. The number of carboxylic acids is 1. The van der Waals surface area contributed by atoms with Crippen molar-refractivity contribution in [2.45, 2.75) is 39.5 Å². The van der Waals surface area contributed by atoms with Crippen LogP contribution in [0.25, 0.3) is 0 Å². The van der Waals surface area contributed by atoms with Crippen molar-refractivity contribution in [3.63, 3.8) is 0 Å². The van der Waals surface area contributed by atoms with Crippen LogP contribution in [0.3, 0.4) is 0 Å². The van der Waals surface area contributed by atoms with E-state index in [0.29, 0.717) is 31.8 Å².